The lowest BCUT2D eigenvalue weighted by atomic mass is 10.1. The van der Waals surface area contributed by atoms with E-state index in [2.05, 4.69) is 5.32 Å². The van der Waals surface area contributed by atoms with Crippen molar-refractivity contribution in [1.29, 1.82) is 0 Å². The van der Waals surface area contributed by atoms with E-state index in [0.29, 0.717) is 21.9 Å². The number of ether oxygens (including phenoxy) is 1. The van der Waals surface area contributed by atoms with E-state index >= 15 is 0 Å². The summed E-state index contributed by atoms with van der Waals surface area (Å²) in [5, 5.41) is 5.60. The number of benzene rings is 2. The van der Waals surface area contributed by atoms with E-state index in [1.54, 1.807) is 25.4 Å². The molecule has 0 unspecified atom stereocenters. The number of ketones is 1. The Hall–Kier alpha value is -3.38. The number of thiophene rings is 1. The minimum atomic E-state index is -0.177. The van der Waals surface area contributed by atoms with Crippen LogP contribution in [-0.2, 0) is 11.3 Å². The molecule has 0 aliphatic rings. The fourth-order valence-electron chi connectivity index (χ4n) is 3.16. The highest BCUT2D eigenvalue weighted by Gasteiger charge is 2.18. The molecule has 2 heterocycles. The van der Waals surface area contributed by atoms with Gasteiger partial charge in [-0.3, -0.25) is 9.59 Å². The molecule has 0 saturated carbocycles. The zero-order valence-corrected chi connectivity index (χ0v) is 16.0. The molecule has 0 radical (unpaired) electrons. The summed E-state index contributed by atoms with van der Waals surface area (Å²) < 4.78 is 7.00. The van der Waals surface area contributed by atoms with E-state index in [-0.39, 0.29) is 18.2 Å². The van der Waals surface area contributed by atoms with E-state index in [1.165, 1.54) is 11.3 Å². The van der Waals surface area contributed by atoms with Crippen LogP contribution in [0.4, 0.5) is 5.69 Å². The van der Waals surface area contributed by atoms with Crippen molar-refractivity contribution in [3.05, 3.63) is 82.7 Å². The Morgan fingerprint density at radius 2 is 1.93 bits per heavy atom. The Kier molecular flexibility index (Phi) is 4.95. The zero-order chi connectivity index (χ0) is 19.5. The Morgan fingerprint density at radius 1 is 1.07 bits per heavy atom. The highest BCUT2D eigenvalue weighted by Crippen LogP contribution is 2.25. The molecule has 28 heavy (non-hydrogen) atoms. The SMILES string of the molecule is COc1cccc(NC(=O)Cn2cc(C(=O)c3cccs3)c3ccccc32)c1. The number of hydrogen-bond donors (Lipinski definition) is 1. The summed E-state index contributed by atoms with van der Waals surface area (Å²) in [4.78, 5) is 26.1. The summed E-state index contributed by atoms with van der Waals surface area (Å²) in [5.41, 5.74) is 2.12. The van der Waals surface area contributed by atoms with Crippen LogP contribution < -0.4 is 10.1 Å². The molecule has 2 aromatic carbocycles. The molecule has 4 rings (SSSR count). The Bertz CT molecular complexity index is 1150. The lowest BCUT2D eigenvalue weighted by molar-refractivity contribution is -0.116. The average Bonchev–Trinajstić information content (AvgIpc) is 3.36. The molecule has 0 aliphatic heterocycles. The topological polar surface area (TPSA) is 60.3 Å². The molecule has 2 aromatic heterocycles. The van der Waals surface area contributed by atoms with Crippen molar-refractivity contribution >= 4 is 39.6 Å². The number of carbonyl (C=O) groups excluding carboxylic acids is 2. The van der Waals surface area contributed by atoms with Gasteiger partial charge in [-0.15, -0.1) is 11.3 Å². The van der Waals surface area contributed by atoms with Crippen LogP contribution in [-0.4, -0.2) is 23.4 Å². The highest BCUT2D eigenvalue weighted by molar-refractivity contribution is 7.12. The summed E-state index contributed by atoms with van der Waals surface area (Å²) in [6.45, 7) is 0.107. The molecule has 1 N–H and O–H groups in total. The van der Waals surface area contributed by atoms with Crippen LogP contribution in [0.5, 0.6) is 5.75 Å². The van der Waals surface area contributed by atoms with Gasteiger partial charge in [0, 0.05) is 34.4 Å². The molecule has 0 saturated heterocycles. The van der Waals surface area contributed by atoms with E-state index in [9.17, 15) is 9.59 Å². The second-order valence-corrected chi connectivity index (χ2v) is 7.22. The van der Waals surface area contributed by atoms with Crippen LogP contribution in [0.2, 0.25) is 0 Å². The molecule has 140 valence electrons. The van der Waals surface area contributed by atoms with Crippen LogP contribution in [0, 0.1) is 0 Å². The normalized spacial score (nSPS) is 10.8. The quantitative estimate of drug-likeness (QED) is 0.490. The molecule has 4 aromatic rings. The van der Waals surface area contributed by atoms with E-state index in [4.69, 9.17) is 4.74 Å². The van der Waals surface area contributed by atoms with Crippen molar-refractivity contribution in [2.75, 3.05) is 12.4 Å². The molecule has 0 spiro atoms. The predicted molar refractivity (Wildman–Crippen MR) is 111 cm³/mol. The van der Waals surface area contributed by atoms with Crippen molar-refractivity contribution in [3.63, 3.8) is 0 Å². The van der Waals surface area contributed by atoms with Gasteiger partial charge in [-0.25, -0.2) is 0 Å². The van der Waals surface area contributed by atoms with Gasteiger partial charge in [0.1, 0.15) is 12.3 Å². The zero-order valence-electron chi connectivity index (χ0n) is 15.2. The fourth-order valence-corrected chi connectivity index (χ4v) is 3.83. The van der Waals surface area contributed by atoms with Crippen LogP contribution >= 0.6 is 11.3 Å². The number of fused-ring (bicyclic) bond motifs is 1. The lowest BCUT2D eigenvalue weighted by Crippen LogP contribution is -2.18. The number of nitrogens with zero attached hydrogens (tertiary/aromatic N) is 1. The molecular formula is C22H18N2O3S. The number of para-hydroxylation sites is 1. The summed E-state index contributed by atoms with van der Waals surface area (Å²) in [6.07, 6.45) is 1.76. The number of nitrogens with one attached hydrogen (secondary N) is 1. The first-order valence-electron chi connectivity index (χ1n) is 8.75. The van der Waals surface area contributed by atoms with E-state index < -0.39 is 0 Å². The second-order valence-electron chi connectivity index (χ2n) is 6.27. The lowest BCUT2D eigenvalue weighted by Gasteiger charge is -2.08. The molecule has 0 atom stereocenters. The third-order valence-corrected chi connectivity index (χ3v) is 5.31. The summed E-state index contributed by atoms with van der Waals surface area (Å²) >= 11 is 1.41. The van der Waals surface area contributed by atoms with Crippen molar-refractivity contribution in [1.82, 2.24) is 4.57 Å². The van der Waals surface area contributed by atoms with Crippen LogP contribution in [0.1, 0.15) is 15.2 Å². The van der Waals surface area contributed by atoms with Crippen LogP contribution in [0.15, 0.2) is 72.2 Å². The molecule has 0 fully saturated rings. The Morgan fingerprint density at radius 3 is 2.71 bits per heavy atom. The Labute approximate surface area is 166 Å². The molecule has 1 amide bonds. The first kappa shape index (κ1) is 18.0. The molecule has 6 heteroatoms. The van der Waals surface area contributed by atoms with Crippen molar-refractivity contribution < 1.29 is 14.3 Å². The summed E-state index contributed by atoms with van der Waals surface area (Å²) in [7, 11) is 1.58. The third kappa shape index (κ3) is 3.54. The van der Waals surface area contributed by atoms with Gasteiger partial charge < -0.3 is 14.6 Å². The standard InChI is InChI=1S/C22H18N2O3S/c1-27-16-7-4-6-15(12-16)23-21(25)14-24-13-18(17-8-2-3-9-19(17)24)22(26)20-10-5-11-28-20/h2-13H,14H2,1H3,(H,23,25). The maximum absolute atomic E-state index is 12.9. The minimum Gasteiger partial charge on any atom is -0.497 e. The number of rotatable bonds is 6. The van der Waals surface area contributed by atoms with Gasteiger partial charge in [-0.05, 0) is 29.6 Å². The van der Waals surface area contributed by atoms with Gasteiger partial charge in [0.2, 0.25) is 11.7 Å². The van der Waals surface area contributed by atoms with Gasteiger partial charge in [0.25, 0.3) is 0 Å². The van der Waals surface area contributed by atoms with Gasteiger partial charge >= 0.3 is 0 Å². The molecule has 0 bridgehead atoms. The van der Waals surface area contributed by atoms with Gasteiger partial charge in [-0.2, -0.15) is 0 Å². The summed E-state index contributed by atoms with van der Waals surface area (Å²) in [6, 6.07) is 18.5. The number of methoxy groups -OCH3 is 1. The molecule has 5 nitrogen and oxygen atoms in total. The number of aromatic nitrogens is 1. The van der Waals surface area contributed by atoms with Crippen LogP contribution in [0.25, 0.3) is 10.9 Å². The largest absolute Gasteiger partial charge is 0.497 e. The van der Waals surface area contributed by atoms with Gasteiger partial charge in [0.15, 0.2) is 0 Å². The number of hydrogen-bond acceptors (Lipinski definition) is 4. The van der Waals surface area contributed by atoms with Crippen LogP contribution in [0.3, 0.4) is 0 Å². The van der Waals surface area contributed by atoms with Crippen molar-refractivity contribution in [3.8, 4) is 5.75 Å². The Balaban J connectivity index is 1.62. The van der Waals surface area contributed by atoms with Gasteiger partial charge in [0.05, 0.1) is 12.0 Å². The monoisotopic (exact) mass is 390 g/mol. The summed E-state index contributed by atoms with van der Waals surface area (Å²) in [5.74, 6) is 0.468. The minimum absolute atomic E-state index is 0.0295. The number of anilines is 1. The maximum atomic E-state index is 12.9. The van der Waals surface area contributed by atoms with Crippen molar-refractivity contribution in [2.45, 2.75) is 6.54 Å². The molecule has 0 aliphatic carbocycles. The smallest absolute Gasteiger partial charge is 0.244 e. The maximum Gasteiger partial charge on any atom is 0.244 e. The van der Waals surface area contributed by atoms with Gasteiger partial charge in [-0.1, -0.05) is 30.3 Å². The molecular weight excluding hydrogens is 372 g/mol. The number of amides is 1. The average molecular weight is 390 g/mol. The van der Waals surface area contributed by atoms with E-state index in [0.717, 1.165) is 10.9 Å². The fraction of sp³-hybridized carbons (Fsp3) is 0.0909. The van der Waals surface area contributed by atoms with E-state index in [1.807, 2.05) is 58.5 Å². The first-order chi connectivity index (χ1) is 13.7. The third-order valence-electron chi connectivity index (χ3n) is 4.45. The second kappa shape index (κ2) is 7.70. The number of carbonyl (C=O) groups is 2. The highest BCUT2D eigenvalue weighted by atomic mass is 32.1. The first-order valence-corrected chi connectivity index (χ1v) is 9.63. The predicted octanol–water partition coefficient (Wildman–Crippen LogP) is 4.58. The van der Waals surface area contributed by atoms with Crippen molar-refractivity contribution in [2.24, 2.45) is 0 Å².